The summed E-state index contributed by atoms with van der Waals surface area (Å²) in [5.41, 5.74) is 0.865. The van der Waals surface area contributed by atoms with E-state index >= 15 is 0 Å². The first-order chi connectivity index (χ1) is 13.0. The molecule has 1 aromatic carbocycles. The van der Waals surface area contributed by atoms with Crippen LogP contribution in [0.2, 0.25) is 0 Å². The summed E-state index contributed by atoms with van der Waals surface area (Å²) in [5, 5.41) is 13.4. The zero-order valence-electron chi connectivity index (χ0n) is 15.6. The van der Waals surface area contributed by atoms with Crippen molar-refractivity contribution in [2.75, 3.05) is 17.7 Å². The minimum absolute atomic E-state index is 0.0263. The van der Waals surface area contributed by atoms with Gasteiger partial charge in [0.25, 0.3) is 5.56 Å². The Morgan fingerprint density at radius 3 is 2.85 bits per heavy atom. The van der Waals surface area contributed by atoms with E-state index < -0.39 is 5.92 Å². The van der Waals surface area contributed by atoms with Crippen LogP contribution in [0.15, 0.2) is 28.2 Å². The molecule has 0 radical (unpaired) electrons. The van der Waals surface area contributed by atoms with Crippen LogP contribution in [0.5, 0.6) is 11.5 Å². The van der Waals surface area contributed by atoms with Crippen LogP contribution in [0.3, 0.4) is 0 Å². The minimum Gasteiger partial charge on any atom is -0.504 e. The second kappa shape index (κ2) is 8.04. The summed E-state index contributed by atoms with van der Waals surface area (Å²) in [6.45, 7) is 4.28. The second-order valence-electron chi connectivity index (χ2n) is 6.33. The predicted octanol–water partition coefficient (Wildman–Crippen LogP) is 2.86. The standard InChI is InChI=1S/C19H23N3O4S/c1-4-8-27-19-21-18(25)16-12(10-15(24)20-17(16)22(19)3)11-6-7-13(23)14(9-11)26-5-2/h6-7,9,12,23H,4-5,8,10H2,1-3H3,(H,20,24). The Balaban J connectivity index is 2.11. The lowest BCUT2D eigenvalue weighted by molar-refractivity contribution is -0.116. The summed E-state index contributed by atoms with van der Waals surface area (Å²) in [6.07, 6.45) is 1.10. The molecule has 7 nitrogen and oxygen atoms in total. The lowest BCUT2D eigenvalue weighted by atomic mass is 9.86. The highest BCUT2D eigenvalue weighted by Gasteiger charge is 2.32. The molecule has 0 spiro atoms. The molecular formula is C19H23N3O4S. The number of thioether (sulfide) groups is 1. The molecule has 2 heterocycles. The molecule has 3 rings (SSSR count). The van der Waals surface area contributed by atoms with Gasteiger partial charge in [-0.2, -0.15) is 4.98 Å². The van der Waals surface area contributed by atoms with Crippen molar-refractivity contribution in [3.8, 4) is 11.5 Å². The van der Waals surface area contributed by atoms with Gasteiger partial charge in [0, 0.05) is 25.1 Å². The van der Waals surface area contributed by atoms with Gasteiger partial charge in [0.1, 0.15) is 5.82 Å². The van der Waals surface area contributed by atoms with E-state index in [1.54, 1.807) is 23.7 Å². The fourth-order valence-electron chi connectivity index (χ4n) is 3.16. The first kappa shape index (κ1) is 19.3. The summed E-state index contributed by atoms with van der Waals surface area (Å²) >= 11 is 1.49. The van der Waals surface area contributed by atoms with E-state index in [4.69, 9.17) is 4.74 Å². The van der Waals surface area contributed by atoms with Gasteiger partial charge in [0.15, 0.2) is 16.7 Å². The van der Waals surface area contributed by atoms with E-state index in [9.17, 15) is 14.7 Å². The third-order valence-electron chi connectivity index (χ3n) is 4.42. The number of hydrogen-bond donors (Lipinski definition) is 2. The Hall–Kier alpha value is -2.48. The van der Waals surface area contributed by atoms with Crippen molar-refractivity contribution in [2.24, 2.45) is 7.05 Å². The van der Waals surface area contributed by atoms with Crippen molar-refractivity contribution in [1.29, 1.82) is 0 Å². The van der Waals surface area contributed by atoms with Crippen LogP contribution in [-0.4, -0.2) is 32.9 Å². The van der Waals surface area contributed by atoms with Gasteiger partial charge in [0.05, 0.1) is 12.2 Å². The van der Waals surface area contributed by atoms with Gasteiger partial charge < -0.3 is 19.7 Å². The van der Waals surface area contributed by atoms with E-state index in [1.807, 2.05) is 6.92 Å². The monoisotopic (exact) mass is 389 g/mol. The molecule has 1 atom stereocenters. The Morgan fingerprint density at radius 1 is 1.37 bits per heavy atom. The van der Waals surface area contributed by atoms with Gasteiger partial charge in [-0.3, -0.25) is 9.59 Å². The molecule has 1 amide bonds. The number of phenolic OH excluding ortho intramolecular Hbond substituents is 1. The van der Waals surface area contributed by atoms with Crippen LogP contribution in [0.1, 0.15) is 43.7 Å². The summed E-state index contributed by atoms with van der Waals surface area (Å²) < 4.78 is 7.22. The number of amides is 1. The molecule has 0 bridgehead atoms. The molecule has 1 aliphatic rings. The van der Waals surface area contributed by atoms with E-state index in [-0.39, 0.29) is 23.6 Å². The molecule has 8 heteroatoms. The second-order valence-corrected chi connectivity index (χ2v) is 7.40. The maximum Gasteiger partial charge on any atom is 0.279 e. The average Bonchev–Trinajstić information content (AvgIpc) is 2.64. The molecule has 27 heavy (non-hydrogen) atoms. The van der Waals surface area contributed by atoms with Crippen LogP contribution in [-0.2, 0) is 11.8 Å². The topological polar surface area (TPSA) is 93.5 Å². The summed E-state index contributed by atoms with van der Waals surface area (Å²) in [6, 6.07) is 4.92. The lowest BCUT2D eigenvalue weighted by Crippen LogP contribution is -2.33. The maximum absolute atomic E-state index is 12.8. The van der Waals surface area contributed by atoms with Crippen LogP contribution in [0.4, 0.5) is 5.82 Å². The molecule has 1 aliphatic heterocycles. The van der Waals surface area contributed by atoms with Crippen LogP contribution in [0.25, 0.3) is 0 Å². The molecule has 1 unspecified atom stereocenters. The number of ether oxygens (including phenoxy) is 1. The highest BCUT2D eigenvalue weighted by molar-refractivity contribution is 7.99. The lowest BCUT2D eigenvalue weighted by Gasteiger charge is -2.27. The van der Waals surface area contributed by atoms with Gasteiger partial charge in [-0.25, -0.2) is 0 Å². The summed E-state index contributed by atoms with van der Waals surface area (Å²) in [5.74, 6) is 1.09. The molecule has 0 saturated carbocycles. The highest BCUT2D eigenvalue weighted by Crippen LogP contribution is 2.38. The molecule has 1 aromatic heterocycles. The van der Waals surface area contributed by atoms with Crippen molar-refractivity contribution in [1.82, 2.24) is 9.55 Å². The number of aromatic nitrogens is 2. The van der Waals surface area contributed by atoms with Crippen LogP contribution in [0, 0.1) is 0 Å². The van der Waals surface area contributed by atoms with Crippen molar-refractivity contribution in [3.63, 3.8) is 0 Å². The highest BCUT2D eigenvalue weighted by atomic mass is 32.2. The normalized spacial score (nSPS) is 16.0. The number of carbonyl (C=O) groups is 1. The first-order valence-electron chi connectivity index (χ1n) is 8.95. The van der Waals surface area contributed by atoms with Gasteiger partial charge in [0.2, 0.25) is 5.91 Å². The molecule has 2 N–H and O–H groups in total. The van der Waals surface area contributed by atoms with Crippen molar-refractivity contribution in [2.45, 2.75) is 37.8 Å². The quantitative estimate of drug-likeness (QED) is 0.583. The SMILES string of the molecule is CCCSc1nc(=O)c2c(n1C)NC(=O)CC2c1ccc(O)c(OCC)c1. The fourth-order valence-corrected chi connectivity index (χ4v) is 3.98. The van der Waals surface area contributed by atoms with Gasteiger partial charge in [-0.05, 0) is 31.0 Å². The third-order valence-corrected chi connectivity index (χ3v) is 5.66. The van der Waals surface area contributed by atoms with E-state index in [1.165, 1.54) is 17.8 Å². The number of rotatable bonds is 6. The number of carbonyl (C=O) groups excluding carboxylic acids is 1. The Morgan fingerprint density at radius 2 is 2.15 bits per heavy atom. The molecule has 0 saturated heterocycles. The smallest absolute Gasteiger partial charge is 0.279 e. The molecule has 144 valence electrons. The minimum atomic E-state index is -0.440. The fraction of sp³-hybridized carbons (Fsp3) is 0.421. The zero-order valence-corrected chi connectivity index (χ0v) is 16.4. The van der Waals surface area contributed by atoms with Crippen molar-refractivity contribution in [3.05, 3.63) is 39.7 Å². The average molecular weight is 389 g/mol. The van der Waals surface area contributed by atoms with E-state index in [0.29, 0.717) is 28.9 Å². The number of anilines is 1. The molecule has 0 fully saturated rings. The summed E-state index contributed by atoms with van der Waals surface area (Å²) in [4.78, 5) is 29.4. The van der Waals surface area contributed by atoms with Crippen LogP contribution < -0.4 is 15.6 Å². The number of fused-ring (bicyclic) bond motifs is 1. The Bertz CT molecular complexity index is 926. The number of phenols is 1. The maximum atomic E-state index is 12.8. The number of nitrogens with zero attached hydrogens (tertiary/aromatic N) is 2. The number of hydrogen-bond acceptors (Lipinski definition) is 6. The van der Waals surface area contributed by atoms with E-state index in [0.717, 1.165) is 17.7 Å². The van der Waals surface area contributed by atoms with Gasteiger partial charge in [-0.15, -0.1) is 0 Å². The van der Waals surface area contributed by atoms with Crippen LogP contribution >= 0.6 is 11.8 Å². The van der Waals surface area contributed by atoms with Crippen molar-refractivity contribution < 1.29 is 14.6 Å². The summed E-state index contributed by atoms with van der Waals surface area (Å²) in [7, 11) is 1.80. The van der Waals surface area contributed by atoms with Crippen molar-refractivity contribution >= 4 is 23.5 Å². The number of nitrogens with one attached hydrogen (secondary N) is 1. The Labute approximate surface area is 161 Å². The largest absolute Gasteiger partial charge is 0.504 e. The number of aromatic hydroxyl groups is 1. The van der Waals surface area contributed by atoms with E-state index in [2.05, 4.69) is 17.2 Å². The Kier molecular flexibility index (Phi) is 5.74. The van der Waals surface area contributed by atoms with Gasteiger partial charge >= 0.3 is 0 Å². The number of benzene rings is 1. The zero-order chi connectivity index (χ0) is 19.6. The molecule has 0 aliphatic carbocycles. The molecular weight excluding hydrogens is 366 g/mol. The predicted molar refractivity (Wildman–Crippen MR) is 105 cm³/mol. The third kappa shape index (κ3) is 3.80. The molecule has 2 aromatic rings. The first-order valence-corrected chi connectivity index (χ1v) is 9.94. The van der Waals surface area contributed by atoms with Gasteiger partial charge in [-0.1, -0.05) is 24.8 Å².